The number of phenols is 1. The van der Waals surface area contributed by atoms with Gasteiger partial charge in [-0.25, -0.2) is 10.9 Å². The average molecular weight is 325 g/mol. The first-order valence-corrected chi connectivity index (χ1v) is 8.12. The average Bonchev–Trinajstić information content (AvgIpc) is 3.00. The molecule has 0 saturated carbocycles. The Labute approximate surface area is 142 Å². The number of carbonyl (C=O) groups excluding carboxylic acids is 1. The number of anilines is 1. The molecule has 3 rings (SSSR count). The normalized spacial score (nSPS) is 20.1. The minimum Gasteiger partial charge on any atom is -0.508 e. The van der Waals surface area contributed by atoms with E-state index in [-0.39, 0.29) is 23.7 Å². The molecule has 2 aromatic rings. The van der Waals surface area contributed by atoms with Crippen LogP contribution < -0.4 is 16.2 Å². The van der Waals surface area contributed by atoms with Crippen molar-refractivity contribution in [2.24, 2.45) is 0 Å². The smallest absolute Gasteiger partial charge is 0.242 e. The van der Waals surface area contributed by atoms with Crippen molar-refractivity contribution in [3.05, 3.63) is 58.7 Å². The third-order valence-corrected chi connectivity index (χ3v) is 4.43. The summed E-state index contributed by atoms with van der Waals surface area (Å²) in [5.74, 6) is 0.176. The highest BCUT2D eigenvalue weighted by molar-refractivity contribution is 5.95. The van der Waals surface area contributed by atoms with Crippen molar-refractivity contribution in [1.29, 1.82) is 0 Å². The molecule has 1 fully saturated rings. The molecule has 0 radical (unpaired) electrons. The number of carbonyl (C=O) groups is 1. The first kappa shape index (κ1) is 16.5. The number of aromatic hydroxyl groups is 1. The topological polar surface area (TPSA) is 73.4 Å². The van der Waals surface area contributed by atoms with Crippen LogP contribution in [0.2, 0.25) is 0 Å². The van der Waals surface area contributed by atoms with Crippen molar-refractivity contribution in [3.8, 4) is 5.75 Å². The highest BCUT2D eigenvalue weighted by Crippen LogP contribution is 2.30. The number of hydrogen-bond acceptors (Lipinski definition) is 4. The third-order valence-electron chi connectivity index (χ3n) is 4.43. The number of benzene rings is 2. The summed E-state index contributed by atoms with van der Waals surface area (Å²) in [6.45, 7) is 5.91. The predicted octanol–water partition coefficient (Wildman–Crippen LogP) is 2.86. The molecule has 0 aliphatic carbocycles. The van der Waals surface area contributed by atoms with Crippen LogP contribution in [-0.2, 0) is 4.79 Å². The molecule has 126 valence electrons. The molecule has 1 saturated heterocycles. The number of aryl methyl sites for hydroxylation is 3. The van der Waals surface area contributed by atoms with Crippen molar-refractivity contribution in [1.82, 2.24) is 10.9 Å². The van der Waals surface area contributed by atoms with Crippen LogP contribution in [0.3, 0.4) is 0 Å². The van der Waals surface area contributed by atoms with Crippen LogP contribution in [0.1, 0.15) is 34.7 Å². The molecule has 1 heterocycles. The first-order valence-electron chi connectivity index (χ1n) is 8.12. The van der Waals surface area contributed by atoms with E-state index in [1.807, 2.05) is 51.1 Å². The van der Waals surface area contributed by atoms with Gasteiger partial charge in [-0.05, 0) is 56.0 Å². The van der Waals surface area contributed by atoms with E-state index in [2.05, 4.69) is 16.2 Å². The number of phenolic OH excluding ortho intramolecular Hbond substituents is 1. The maximum absolute atomic E-state index is 12.5. The molecule has 0 aromatic heterocycles. The van der Waals surface area contributed by atoms with Crippen LogP contribution in [0.25, 0.3) is 0 Å². The molecule has 2 aromatic carbocycles. The van der Waals surface area contributed by atoms with E-state index in [9.17, 15) is 9.90 Å². The van der Waals surface area contributed by atoms with Crippen molar-refractivity contribution >= 4 is 11.6 Å². The van der Waals surface area contributed by atoms with Crippen LogP contribution in [0.15, 0.2) is 36.4 Å². The van der Waals surface area contributed by atoms with Crippen LogP contribution in [0.4, 0.5) is 5.69 Å². The van der Waals surface area contributed by atoms with Crippen LogP contribution in [0.5, 0.6) is 5.75 Å². The minimum absolute atomic E-state index is 0.0784. The molecular formula is C19H23N3O2. The summed E-state index contributed by atoms with van der Waals surface area (Å²) >= 11 is 0. The van der Waals surface area contributed by atoms with Crippen LogP contribution in [-0.4, -0.2) is 17.1 Å². The van der Waals surface area contributed by atoms with Crippen LogP contribution >= 0.6 is 0 Å². The van der Waals surface area contributed by atoms with E-state index in [0.717, 1.165) is 27.9 Å². The number of hydrogen-bond donors (Lipinski definition) is 4. The molecule has 2 atom stereocenters. The fraction of sp³-hybridized carbons (Fsp3) is 0.316. The van der Waals surface area contributed by atoms with Gasteiger partial charge in [0, 0.05) is 11.3 Å². The Hall–Kier alpha value is -2.37. The lowest BCUT2D eigenvalue weighted by atomic mass is 9.99. The van der Waals surface area contributed by atoms with Gasteiger partial charge in [-0.3, -0.25) is 4.79 Å². The zero-order chi connectivity index (χ0) is 17.3. The Morgan fingerprint density at radius 3 is 2.54 bits per heavy atom. The molecule has 1 aliphatic rings. The molecule has 0 bridgehead atoms. The molecule has 1 amide bonds. The Balaban J connectivity index is 1.69. The zero-order valence-corrected chi connectivity index (χ0v) is 14.2. The Bertz CT molecular complexity index is 773. The van der Waals surface area contributed by atoms with Gasteiger partial charge < -0.3 is 10.4 Å². The Morgan fingerprint density at radius 2 is 1.79 bits per heavy atom. The number of nitrogens with one attached hydrogen (secondary N) is 3. The Morgan fingerprint density at radius 1 is 1.08 bits per heavy atom. The summed E-state index contributed by atoms with van der Waals surface area (Å²) in [7, 11) is 0. The highest BCUT2D eigenvalue weighted by Gasteiger charge is 2.31. The molecule has 24 heavy (non-hydrogen) atoms. The molecule has 5 heteroatoms. The first-order chi connectivity index (χ1) is 11.4. The van der Waals surface area contributed by atoms with Gasteiger partial charge in [-0.1, -0.05) is 24.3 Å². The summed E-state index contributed by atoms with van der Waals surface area (Å²) in [4.78, 5) is 12.5. The largest absolute Gasteiger partial charge is 0.508 e. The lowest BCUT2D eigenvalue weighted by Gasteiger charge is -2.13. The fourth-order valence-electron chi connectivity index (χ4n) is 2.97. The SMILES string of the molecule is Cc1ccc(C2CC(C(=O)Nc3cc(C)ccc3C)NN2)c(O)c1. The number of hydrazine groups is 1. The summed E-state index contributed by atoms with van der Waals surface area (Å²) in [6.07, 6.45) is 0.577. The Kier molecular flexibility index (Phi) is 4.55. The third kappa shape index (κ3) is 3.42. The van der Waals surface area contributed by atoms with Gasteiger partial charge in [0.25, 0.3) is 0 Å². The van der Waals surface area contributed by atoms with Gasteiger partial charge in [0.1, 0.15) is 11.8 Å². The fourth-order valence-corrected chi connectivity index (χ4v) is 2.97. The molecule has 2 unspecified atom stereocenters. The molecule has 5 nitrogen and oxygen atoms in total. The highest BCUT2D eigenvalue weighted by atomic mass is 16.3. The van der Waals surface area contributed by atoms with Crippen molar-refractivity contribution < 1.29 is 9.90 Å². The second-order valence-electron chi connectivity index (χ2n) is 6.50. The van der Waals surface area contributed by atoms with Gasteiger partial charge in [0.05, 0.1) is 6.04 Å². The summed E-state index contributed by atoms with van der Waals surface area (Å²) in [5.41, 5.74) is 10.9. The van der Waals surface area contributed by atoms with Crippen molar-refractivity contribution in [3.63, 3.8) is 0 Å². The summed E-state index contributed by atoms with van der Waals surface area (Å²) in [6, 6.07) is 11.1. The second kappa shape index (κ2) is 6.63. The van der Waals surface area contributed by atoms with Gasteiger partial charge in [-0.2, -0.15) is 0 Å². The van der Waals surface area contributed by atoms with E-state index in [1.165, 1.54) is 0 Å². The lowest BCUT2D eigenvalue weighted by Crippen LogP contribution is -2.39. The van der Waals surface area contributed by atoms with E-state index in [4.69, 9.17) is 0 Å². The number of amides is 1. The number of rotatable bonds is 3. The van der Waals surface area contributed by atoms with Gasteiger partial charge in [0.15, 0.2) is 0 Å². The van der Waals surface area contributed by atoms with Gasteiger partial charge in [0.2, 0.25) is 5.91 Å². The van der Waals surface area contributed by atoms with Gasteiger partial charge >= 0.3 is 0 Å². The van der Waals surface area contributed by atoms with Gasteiger partial charge in [-0.15, -0.1) is 0 Å². The van der Waals surface area contributed by atoms with E-state index >= 15 is 0 Å². The molecular weight excluding hydrogens is 302 g/mol. The molecule has 1 aliphatic heterocycles. The lowest BCUT2D eigenvalue weighted by molar-refractivity contribution is -0.117. The summed E-state index contributed by atoms with van der Waals surface area (Å²) < 4.78 is 0. The van der Waals surface area contributed by atoms with E-state index < -0.39 is 0 Å². The predicted molar refractivity (Wildman–Crippen MR) is 94.8 cm³/mol. The summed E-state index contributed by atoms with van der Waals surface area (Å²) in [5, 5.41) is 13.1. The molecule has 4 N–H and O–H groups in total. The minimum atomic E-state index is -0.351. The van der Waals surface area contributed by atoms with E-state index in [1.54, 1.807) is 6.07 Å². The molecule has 0 spiro atoms. The standard InChI is InChI=1S/C19H23N3O2/c1-11-4-6-13(3)15(8-11)20-19(24)17-10-16(21-22-17)14-7-5-12(2)9-18(14)23/h4-9,16-17,21-23H,10H2,1-3H3,(H,20,24). The second-order valence-corrected chi connectivity index (χ2v) is 6.50. The van der Waals surface area contributed by atoms with Crippen molar-refractivity contribution in [2.75, 3.05) is 5.32 Å². The maximum atomic E-state index is 12.5. The maximum Gasteiger partial charge on any atom is 0.242 e. The van der Waals surface area contributed by atoms with Crippen LogP contribution in [0, 0.1) is 20.8 Å². The zero-order valence-electron chi connectivity index (χ0n) is 14.2. The van der Waals surface area contributed by atoms with E-state index in [0.29, 0.717) is 6.42 Å². The monoisotopic (exact) mass is 325 g/mol. The quantitative estimate of drug-likeness (QED) is 0.700. The van der Waals surface area contributed by atoms with Crippen molar-refractivity contribution in [2.45, 2.75) is 39.3 Å².